The minimum Gasteiger partial charge on any atom is -0.507 e. The van der Waals surface area contributed by atoms with Crippen molar-refractivity contribution in [3.05, 3.63) is 173 Å². The number of benzene rings is 6. The van der Waals surface area contributed by atoms with Crippen LogP contribution in [0.15, 0.2) is 72.8 Å². The quantitative estimate of drug-likeness (QED) is 0.0902. The lowest BCUT2D eigenvalue weighted by Gasteiger charge is -2.26. The second-order valence-electron chi connectivity index (χ2n) is 27.7. The van der Waals surface area contributed by atoms with E-state index in [0.717, 1.165) is 44.5 Å². The highest BCUT2D eigenvalue weighted by Crippen LogP contribution is 2.44. The van der Waals surface area contributed by atoms with Gasteiger partial charge in [0.2, 0.25) is 0 Å². The third kappa shape index (κ3) is 11.9. The number of phenolic OH excluding ortho intramolecular Hbond substituents is 6. The first-order valence-electron chi connectivity index (χ1n) is 26.5. The second-order valence-corrected chi connectivity index (χ2v) is 27.7. The molecule has 6 aromatic rings. The van der Waals surface area contributed by atoms with Crippen LogP contribution in [-0.2, 0) is 77.4 Å². The third-order valence-electron chi connectivity index (χ3n) is 15.4. The average molecular weight is 987 g/mol. The highest BCUT2D eigenvalue weighted by atomic mass is 16.3. The molecule has 0 saturated heterocycles. The fourth-order valence-corrected chi connectivity index (χ4v) is 10.2. The fraction of sp³-hybridized carbons (Fsp3) is 0.463. The Bertz CT molecular complexity index is 2880. The number of phenols is 6. The van der Waals surface area contributed by atoms with E-state index in [1.807, 2.05) is 12.1 Å². The van der Waals surface area contributed by atoms with E-state index in [9.17, 15) is 30.6 Å². The van der Waals surface area contributed by atoms with Gasteiger partial charge in [0.1, 0.15) is 34.5 Å². The molecule has 0 unspecified atom stereocenters. The minimum absolute atomic E-state index is 0.115. The maximum Gasteiger partial charge on any atom is 0.122 e. The second kappa shape index (κ2) is 19.1. The van der Waals surface area contributed by atoms with Gasteiger partial charge in [-0.2, -0.15) is 0 Å². The average Bonchev–Trinajstić information content (AvgIpc) is 3.24. The number of fused-ring (bicyclic) bond motifs is 12. The van der Waals surface area contributed by atoms with Crippen LogP contribution in [0.25, 0.3) is 0 Å². The van der Waals surface area contributed by atoms with E-state index < -0.39 is 0 Å². The van der Waals surface area contributed by atoms with Gasteiger partial charge in [-0.3, -0.25) is 0 Å². The van der Waals surface area contributed by atoms with E-state index in [4.69, 9.17) is 0 Å². The van der Waals surface area contributed by atoms with Gasteiger partial charge in [-0.15, -0.1) is 0 Å². The number of hydrogen-bond donors (Lipinski definition) is 6. The molecule has 0 aliphatic heterocycles. The summed E-state index contributed by atoms with van der Waals surface area (Å²) >= 11 is 0. The first-order valence-corrected chi connectivity index (χ1v) is 26.5. The lowest BCUT2D eigenvalue weighted by Crippen LogP contribution is -2.15. The maximum absolute atomic E-state index is 12.5. The molecule has 0 amide bonds. The van der Waals surface area contributed by atoms with Gasteiger partial charge in [-0.25, -0.2) is 0 Å². The van der Waals surface area contributed by atoms with Crippen LogP contribution in [0.4, 0.5) is 0 Å². The predicted molar refractivity (Wildman–Crippen MR) is 302 cm³/mol. The molecule has 0 atom stereocenters. The molecule has 1 aliphatic rings. The summed E-state index contributed by atoms with van der Waals surface area (Å²) in [5.74, 6) is 0.826. The minimum atomic E-state index is -0.299. The first-order chi connectivity index (χ1) is 33.4. The Kier molecular flexibility index (Phi) is 14.4. The summed E-state index contributed by atoms with van der Waals surface area (Å²) in [7, 11) is 0. The molecule has 0 spiro atoms. The van der Waals surface area contributed by atoms with Crippen molar-refractivity contribution >= 4 is 0 Å². The molecule has 7 rings (SSSR count). The van der Waals surface area contributed by atoms with Crippen molar-refractivity contribution in [2.24, 2.45) is 0 Å². The van der Waals surface area contributed by atoms with Crippen molar-refractivity contribution in [3.63, 3.8) is 0 Å². The van der Waals surface area contributed by atoms with Crippen LogP contribution in [0.1, 0.15) is 225 Å². The van der Waals surface area contributed by atoms with Crippen molar-refractivity contribution in [1.82, 2.24) is 0 Å². The molecule has 0 heterocycles. The van der Waals surface area contributed by atoms with Gasteiger partial charge in [-0.05, 0) is 145 Å². The summed E-state index contributed by atoms with van der Waals surface area (Å²) < 4.78 is 0. The Morgan fingerprint density at radius 1 is 0.205 bits per heavy atom. The molecule has 0 aromatic heterocycles. The van der Waals surface area contributed by atoms with Crippen molar-refractivity contribution in [2.75, 3.05) is 0 Å². The van der Waals surface area contributed by atoms with Crippen LogP contribution in [0, 0.1) is 0 Å². The van der Waals surface area contributed by atoms with Crippen molar-refractivity contribution < 1.29 is 30.6 Å². The van der Waals surface area contributed by atoms with E-state index in [2.05, 4.69) is 185 Å². The number of hydrogen-bond acceptors (Lipinski definition) is 6. The smallest absolute Gasteiger partial charge is 0.122 e. The fourth-order valence-electron chi connectivity index (χ4n) is 10.2. The first kappa shape index (κ1) is 54.9. The highest BCUT2D eigenvalue weighted by Gasteiger charge is 2.29. The molecule has 12 bridgehead atoms. The van der Waals surface area contributed by atoms with Gasteiger partial charge in [0.25, 0.3) is 0 Å². The summed E-state index contributed by atoms with van der Waals surface area (Å²) in [6, 6.07) is 24.7. The Morgan fingerprint density at radius 2 is 0.315 bits per heavy atom. The van der Waals surface area contributed by atoms with Crippen LogP contribution >= 0.6 is 0 Å². The molecule has 390 valence electrons. The van der Waals surface area contributed by atoms with E-state index in [1.165, 1.54) is 0 Å². The molecule has 6 heteroatoms. The number of rotatable bonds is 0. The standard InChI is InChI=1S/C67H86O6/c1-62(2,3)50-26-38-19-20-39-27-51(63(4,5)6)29-41(57(39)69)22-43-31-53(65(10,11)12)33-45(59(43)71)24-47-35-55(67(16,17)18)37-49(61(47)73)25-48-36-54(66(13,14)15)34-46(60(48)72)23-44-32-52(64(7,8)9)30-42(58(44)70)21-40(28-50)56(38)68/h26-37,68-73H,19-25H2,1-18H3. The Labute approximate surface area is 438 Å². The molecule has 6 nitrogen and oxygen atoms in total. The van der Waals surface area contributed by atoms with Gasteiger partial charge in [-0.1, -0.05) is 197 Å². The summed E-state index contributed by atoms with van der Waals surface area (Å²) in [6.07, 6.45) is 2.16. The summed E-state index contributed by atoms with van der Waals surface area (Å²) in [5, 5.41) is 74.6. The zero-order valence-corrected chi connectivity index (χ0v) is 47.6. The van der Waals surface area contributed by atoms with Crippen LogP contribution in [0.5, 0.6) is 34.5 Å². The van der Waals surface area contributed by atoms with Crippen molar-refractivity contribution in [2.45, 2.75) is 202 Å². The van der Waals surface area contributed by atoms with E-state index in [1.54, 1.807) is 0 Å². The van der Waals surface area contributed by atoms with Crippen LogP contribution in [-0.4, -0.2) is 30.6 Å². The van der Waals surface area contributed by atoms with Gasteiger partial charge in [0.05, 0.1) is 0 Å². The molecule has 6 N–H and O–H groups in total. The summed E-state index contributed by atoms with van der Waals surface area (Å²) in [6.45, 7) is 38.8. The third-order valence-corrected chi connectivity index (χ3v) is 15.4. The largest absolute Gasteiger partial charge is 0.507 e. The molecule has 1 aliphatic carbocycles. The van der Waals surface area contributed by atoms with Crippen LogP contribution in [0.2, 0.25) is 0 Å². The Morgan fingerprint density at radius 3 is 0.438 bits per heavy atom. The lowest BCUT2D eigenvalue weighted by molar-refractivity contribution is 0.449. The lowest BCUT2D eigenvalue weighted by atomic mass is 9.80. The normalized spacial score (nSPS) is 14.4. The topological polar surface area (TPSA) is 121 Å². The molecule has 73 heavy (non-hydrogen) atoms. The highest BCUT2D eigenvalue weighted by molar-refractivity contribution is 5.59. The van der Waals surface area contributed by atoms with Crippen LogP contribution in [0.3, 0.4) is 0 Å². The molecule has 0 radical (unpaired) electrons. The Balaban J connectivity index is 1.55. The van der Waals surface area contributed by atoms with Crippen molar-refractivity contribution in [1.29, 1.82) is 0 Å². The van der Waals surface area contributed by atoms with Gasteiger partial charge >= 0.3 is 0 Å². The maximum atomic E-state index is 12.5. The molecule has 6 aromatic carbocycles. The Hall–Kier alpha value is -5.88. The molecule has 0 fully saturated rings. The number of aryl methyl sites for hydroxylation is 2. The van der Waals surface area contributed by atoms with E-state index in [-0.39, 0.29) is 99.1 Å². The number of aromatic hydroxyl groups is 6. The molecular weight excluding hydrogens is 901 g/mol. The zero-order valence-electron chi connectivity index (χ0n) is 47.6. The predicted octanol–water partition coefficient (Wildman–Crippen LogP) is 15.8. The molecular formula is C67H86O6. The monoisotopic (exact) mass is 987 g/mol. The molecule has 0 saturated carbocycles. The SMILES string of the molecule is CC(C)(C)c1cc2c(O)c(c1)Cc1cc(C(C)(C)C)cc(c1O)Cc1cc(C(C)(C)C)cc(c1O)Cc1cc(C(C)(C)C)cc(c1O)Cc1cc(C(C)(C)C)cc(c1O)Cc1cc(C(C)(C)C)cc(c1O)CC2. The van der Waals surface area contributed by atoms with Gasteiger partial charge < -0.3 is 30.6 Å². The van der Waals surface area contributed by atoms with Crippen LogP contribution < -0.4 is 0 Å². The zero-order chi connectivity index (χ0) is 54.3. The van der Waals surface area contributed by atoms with Crippen molar-refractivity contribution in [3.8, 4) is 34.5 Å². The summed E-state index contributed by atoms with van der Waals surface area (Å²) in [5.41, 5.74) is 12.8. The van der Waals surface area contributed by atoms with Gasteiger partial charge in [0.15, 0.2) is 0 Å². The van der Waals surface area contributed by atoms with E-state index in [0.29, 0.717) is 68.5 Å². The van der Waals surface area contributed by atoms with Gasteiger partial charge in [0, 0.05) is 32.1 Å². The summed E-state index contributed by atoms with van der Waals surface area (Å²) in [4.78, 5) is 0. The van der Waals surface area contributed by atoms with E-state index >= 15 is 0 Å².